The van der Waals surface area contributed by atoms with Crippen LogP contribution in [0.4, 0.5) is 0 Å². The molecular weight excluding hydrogens is 592 g/mol. The Morgan fingerprint density at radius 2 is 1.87 bits per heavy atom. The molecule has 2 saturated carbocycles. The van der Waals surface area contributed by atoms with Gasteiger partial charge in [-0.1, -0.05) is 38.1 Å². The summed E-state index contributed by atoms with van der Waals surface area (Å²) in [6.07, 6.45) is 9.16. The fraction of sp³-hybridized carbons (Fsp3) is 0.636. The lowest BCUT2D eigenvalue weighted by molar-refractivity contribution is -0.130. The number of nitrogens with two attached hydrogens (primary N) is 1. The number of amides is 3. The van der Waals surface area contributed by atoms with Crippen molar-refractivity contribution in [2.24, 2.45) is 22.5 Å². The number of nitrogens with zero attached hydrogens (tertiary/aromatic N) is 2. The number of nitrogens with one attached hydrogen (secondary N) is 3. The predicted molar refractivity (Wildman–Crippen MR) is 169 cm³/mol. The third-order valence-electron chi connectivity index (χ3n) is 12.0. The van der Waals surface area contributed by atoms with E-state index >= 15 is 0 Å². The number of benzene rings is 1. The Bertz CT molecular complexity index is 1550. The van der Waals surface area contributed by atoms with Gasteiger partial charge in [0.2, 0.25) is 27.7 Å². The van der Waals surface area contributed by atoms with Crippen molar-refractivity contribution in [3.05, 3.63) is 53.6 Å². The standard InChI is InChI=1S/C33H46N6O5S/c1-31(2)23-10-12-33(31,20-45(43,44)39-15-13-32(14-16-39)11-9-22-5-3-4-6-25(22)32)27(17-23)38-30(42)26(18-24-19-35-21-36-24)37-29(41)8-7-28(34)40/h3-6,19,21,23,26-27H,7-18,20H2,1-2H3,(H2,34,40)(H,35,36)(H,37,41)(H,38,42)/t23-,26+,27+,33-/m1/s1. The van der Waals surface area contributed by atoms with Gasteiger partial charge in [-0.3, -0.25) is 14.4 Å². The summed E-state index contributed by atoms with van der Waals surface area (Å²) in [7, 11) is -3.61. The average Bonchev–Trinajstić information content (AvgIpc) is 3.74. The molecule has 2 aromatic rings. The lowest BCUT2D eigenvalue weighted by Gasteiger charge is -2.45. The second-order valence-electron chi connectivity index (χ2n) is 14.4. The maximum Gasteiger partial charge on any atom is 0.243 e. The fourth-order valence-electron chi connectivity index (χ4n) is 9.12. The van der Waals surface area contributed by atoms with Crippen molar-refractivity contribution in [1.29, 1.82) is 0 Å². The van der Waals surface area contributed by atoms with Crippen LogP contribution in [-0.2, 0) is 42.7 Å². The Kier molecular flexibility index (Phi) is 8.34. The molecule has 6 rings (SSSR count). The fourth-order valence-corrected chi connectivity index (χ4v) is 11.4. The van der Waals surface area contributed by atoms with Gasteiger partial charge in [0.05, 0.1) is 12.1 Å². The Hall–Kier alpha value is -3.25. The Balaban J connectivity index is 1.18. The number of sulfonamides is 1. The minimum Gasteiger partial charge on any atom is -0.370 e. The second kappa shape index (κ2) is 11.8. The van der Waals surface area contributed by atoms with Crippen LogP contribution in [0.5, 0.6) is 0 Å². The summed E-state index contributed by atoms with van der Waals surface area (Å²) in [5, 5.41) is 5.96. The van der Waals surface area contributed by atoms with E-state index in [0.29, 0.717) is 25.2 Å². The van der Waals surface area contributed by atoms with Gasteiger partial charge in [-0.25, -0.2) is 17.7 Å². The van der Waals surface area contributed by atoms with Crippen LogP contribution in [-0.4, -0.2) is 71.3 Å². The van der Waals surface area contributed by atoms with E-state index < -0.39 is 33.3 Å². The zero-order valence-corrected chi connectivity index (χ0v) is 27.1. The SMILES string of the molecule is CC1(C)[C@@H]2CC[C@@]1(CS(=O)(=O)N1CCC3(CCc4ccccc43)CC1)[C@@H](NC(=O)[C@H](Cc1cnc[nH]1)NC(=O)CCC(N)=O)C2. The number of hydrogen-bond donors (Lipinski definition) is 4. The molecule has 244 valence electrons. The number of carbonyl (C=O) groups is 3. The summed E-state index contributed by atoms with van der Waals surface area (Å²) >= 11 is 0. The van der Waals surface area contributed by atoms with E-state index in [9.17, 15) is 22.8 Å². The largest absolute Gasteiger partial charge is 0.370 e. The van der Waals surface area contributed by atoms with E-state index in [1.165, 1.54) is 17.5 Å². The topological polar surface area (TPSA) is 167 Å². The van der Waals surface area contributed by atoms with Gasteiger partial charge in [0.1, 0.15) is 6.04 Å². The quantitative estimate of drug-likeness (QED) is 0.295. The summed E-state index contributed by atoms with van der Waals surface area (Å²) in [5.74, 6) is -1.14. The summed E-state index contributed by atoms with van der Waals surface area (Å²) in [4.78, 5) is 44.7. The van der Waals surface area contributed by atoms with Crippen LogP contribution in [0.3, 0.4) is 0 Å². The van der Waals surface area contributed by atoms with Crippen LogP contribution in [0.2, 0.25) is 0 Å². The van der Waals surface area contributed by atoms with E-state index in [1.54, 1.807) is 10.5 Å². The Morgan fingerprint density at radius 1 is 1.11 bits per heavy atom. The summed E-state index contributed by atoms with van der Waals surface area (Å²) < 4.78 is 30.1. The first kappa shape index (κ1) is 31.7. The van der Waals surface area contributed by atoms with E-state index in [4.69, 9.17) is 5.73 Å². The van der Waals surface area contributed by atoms with E-state index in [0.717, 1.165) is 38.5 Å². The number of fused-ring (bicyclic) bond motifs is 4. The van der Waals surface area contributed by atoms with Gasteiger partial charge >= 0.3 is 0 Å². The van der Waals surface area contributed by atoms with Crippen LogP contribution in [0.15, 0.2) is 36.8 Å². The van der Waals surface area contributed by atoms with E-state index in [1.807, 2.05) is 0 Å². The molecule has 0 unspecified atom stereocenters. The van der Waals surface area contributed by atoms with Crippen molar-refractivity contribution in [2.75, 3.05) is 18.8 Å². The smallest absolute Gasteiger partial charge is 0.243 e. The third kappa shape index (κ3) is 5.80. The molecule has 0 radical (unpaired) electrons. The first-order chi connectivity index (χ1) is 21.4. The first-order valence-corrected chi connectivity index (χ1v) is 17.9. The molecule has 11 nitrogen and oxygen atoms in total. The van der Waals surface area contributed by atoms with Crippen molar-refractivity contribution < 1.29 is 22.8 Å². The first-order valence-electron chi connectivity index (χ1n) is 16.3. The normalized spacial score (nSPS) is 27.2. The van der Waals surface area contributed by atoms with Crippen LogP contribution in [0, 0.1) is 16.7 Å². The van der Waals surface area contributed by atoms with Crippen molar-refractivity contribution >= 4 is 27.7 Å². The summed E-state index contributed by atoms with van der Waals surface area (Å²) in [5.41, 5.74) is 7.82. The maximum atomic E-state index is 14.2. The lowest BCUT2D eigenvalue weighted by Crippen LogP contribution is -2.58. The highest BCUT2D eigenvalue weighted by Crippen LogP contribution is 2.66. The molecule has 1 aromatic heterocycles. The summed E-state index contributed by atoms with van der Waals surface area (Å²) in [6, 6.07) is 7.33. The van der Waals surface area contributed by atoms with Crippen LogP contribution in [0.1, 0.15) is 82.0 Å². The number of aromatic amines is 1. The second-order valence-corrected chi connectivity index (χ2v) is 16.3. The molecule has 3 amide bonds. The highest BCUT2D eigenvalue weighted by Gasteiger charge is 2.66. The molecule has 1 aliphatic heterocycles. The number of hydrogen-bond acceptors (Lipinski definition) is 6. The minimum absolute atomic E-state index is 0.00573. The van der Waals surface area contributed by atoms with Gasteiger partial charge in [-0.05, 0) is 72.8 Å². The highest BCUT2D eigenvalue weighted by atomic mass is 32.2. The predicted octanol–water partition coefficient (Wildman–Crippen LogP) is 2.32. The molecule has 45 heavy (non-hydrogen) atoms. The third-order valence-corrected chi connectivity index (χ3v) is 14.0. The van der Waals surface area contributed by atoms with Gasteiger partial charge in [-0.2, -0.15) is 0 Å². The van der Waals surface area contributed by atoms with Crippen molar-refractivity contribution in [1.82, 2.24) is 24.9 Å². The highest BCUT2D eigenvalue weighted by molar-refractivity contribution is 7.89. The molecule has 3 fully saturated rings. The molecule has 2 bridgehead atoms. The molecular formula is C33H46N6O5S. The van der Waals surface area contributed by atoms with Gasteiger partial charge in [0, 0.05) is 55.7 Å². The van der Waals surface area contributed by atoms with Crippen LogP contribution < -0.4 is 16.4 Å². The number of H-pyrrole nitrogens is 1. The average molecular weight is 639 g/mol. The maximum absolute atomic E-state index is 14.2. The van der Waals surface area contributed by atoms with Gasteiger partial charge in [0.25, 0.3) is 0 Å². The number of aryl methyl sites for hydroxylation is 1. The van der Waals surface area contributed by atoms with Crippen molar-refractivity contribution in [3.8, 4) is 0 Å². The minimum atomic E-state index is -3.61. The summed E-state index contributed by atoms with van der Waals surface area (Å²) in [6.45, 7) is 5.33. The van der Waals surface area contributed by atoms with Crippen LogP contribution in [0.25, 0.3) is 0 Å². The number of primary amides is 1. The molecule has 3 aliphatic carbocycles. The number of imidazole rings is 1. The number of piperidine rings is 1. The van der Waals surface area contributed by atoms with Gasteiger partial charge in [-0.15, -0.1) is 0 Å². The van der Waals surface area contributed by atoms with Crippen molar-refractivity contribution in [3.63, 3.8) is 0 Å². The zero-order valence-electron chi connectivity index (χ0n) is 26.3. The van der Waals surface area contributed by atoms with E-state index in [-0.39, 0.29) is 53.7 Å². The molecule has 5 N–H and O–H groups in total. The number of aromatic nitrogens is 2. The molecule has 1 aromatic carbocycles. The molecule has 4 aliphatic rings. The van der Waals surface area contributed by atoms with Gasteiger partial charge in [0.15, 0.2) is 0 Å². The zero-order chi connectivity index (χ0) is 32.0. The Morgan fingerprint density at radius 3 is 2.56 bits per heavy atom. The van der Waals surface area contributed by atoms with Crippen molar-refractivity contribution in [2.45, 2.75) is 95.6 Å². The number of rotatable bonds is 11. The Labute approximate surface area is 265 Å². The molecule has 2 heterocycles. The monoisotopic (exact) mass is 638 g/mol. The molecule has 12 heteroatoms. The van der Waals surface area contributed by atoms with Crippen LogP contribution >= 0.6 is 0 Å². The number of carbonyl (C=O) groups excluding carboxylic acids is 3. The molecule has 1 saturated heterocycles. The molecule has 1 spiro atoms. The lowest BCUT2D eigenvalue weighted by atomic mass is 9.69. The molecule has 4 atom stereocenters. The van der Waals surface area contributed by atoms with Gasteiger partial charge < -0.3 is 21.4 Å². The van der Waals surface area contributed by atoms with E-state index in [2.05, 4.69) is 58.7 Å².